The maximum absolute atomic E-state index is 12.3. The van der Waals surface area contributed by atoms with E-state index < -0.39 is 11.6 Å². The van der Waals surface area contributed by atoms with Crippen molar-refractivity contribution in [3.8, 4) is 0 Å². The zero-order valence-electron chi connectivity index (χ0n) is 13.4. The Hall–Kier alpha value is -1.36. The number of esters is 1. The van der Waals surface area contributed by atoms with Crippen LogP contribution in [0.25, 0.3) is 0 Å². The first-order valence-corrected chi connectivity index (χ1v) is 8.15. The minimum atomic E-state index is -0.596. The van der Waals surface area contributed by atoms with Crippen LogP contribution in [0.5, 0.6) is 0 Å². The summed E-state index contributed by atoms with van der Waals surface area (Å²) >= 11 is 1.53. The Morgan fingerprint density at radius 1 is 1.38 bits per heavy atom. The van der Waals surface area contributed by atoms with Crippen LogP contribution in [0.2, 0.25) is 0 Å². The molecule has 1 aromatic rings. The number of thiophene rings is 1. The van der Waals surface area contributed by atoms with Crippen molar-refractivity contribution in [2.24, 2.45) is 5.92 Å². The van der Waals surface area contributed by atoms with Gasteiger partial charge in [0.25, 0.3) is 0 Å². The SMILES string of the molecule is CC[C@H](C)[C@H](NC(=O)Cc1cccs1)C(=O)OC(C)(C)C. The molecule has 2 atom stereocenters. The van der Waals surface area contributed by atoms with Gasteiger partial charge in [0.05, 0.1) is 6.42 Å². The number of nitrogens with one attached hydrogen (secondary N) is 1. The molecule has 118 valence electrons. The molecule has 0 saturated heterocycles. The summed E-state index contributed by atoms with van der Waals surface area (Å²) in [6.45, 7) is 9.41. The molecule has 0 radical (unpaired) electrons. The standard InChI is InChI=1S/C16H25NO3S/c1-6-11(2)14(15(19)20-16(3,4)5)17-13(18)10-12-8-7-9-21-12/h7-9,11,14H,6,10H2,1-5H3,(H,17,18)/t11-,14-/m0/s1. The van der Waals surface area contributed by atoms with E-state index in [1.807, 2.05) is 52.1 Å². The third kappa shape index (κ3) is 6.29. The van der Waals surface area contributed by atoms with Gasteiger partial charge in [-0.2, -0.15) is 0 Å². The lowest BCUT2D eigenvalue weighted by Crippen LogP contribution is -2.48. The third-order valence-corrected chi connectivity index (χ3v) is 3.98. The van der Waals surface area contributed by atoms with E-state index in [1.165, 1.54) is 11.3 Å². The Labute approximate surface area is 130 Å². The first kappa shape index (κ1) is 17.7. The van der Waals surface area contributed by atoms with Gasteiger partial charge in [-0.05, 0) is 38.1 Å². The van der Waals surface area contributed by atoms with Crippen molar-refractivity contribution in [1.29, 1.82) is 0 Å². The highest BCUT2D eigenvalue weighted by atomic mass is 32.1. The van der Waals surface area contributed by atoms with Crippen LogP contribution in [0.1, 0.15) is 45.9 Å². The summed E-state index contributed by atoms with van der Waals surface area (Å²) in [7, 11) is 0. The van der Waals surface area contributed by atoms with E-state index in [0.717, 1.165) is 11.3 Å². The zero-order valence-corrected chi connectivity index (χ0v) is 14.3. The third-order valence-electron chi connectivity index (χ3n) is 3.11. The molecule has 0 unspecified atom stereocenters. The van der Waals surface area contributed by atoms with E-state index in [-0.39, 0.29) is 17.8 Å². The number of hydrogen-bond donors (Lipinski definition) is 1. The molecule has 0 aliphatic rings. The summed E-state index contributed by atoms with van der Waals surface area (Å²) in [5.41, 5.74) is -0.554. The van der Waals surface area contributed by atoms with Crippen LogP contribution in [0.4, 0.5) is 0 Å². The molecule has 5 heteroatoms. The van der Waals surface area contributed by atoms with Crippen molar-refractivity contribution in [2.75, 3.05) is 0 Å². The van der Waals surface area contributed by atoms with Gasteiger partial charge in [-0.25, -0.2) is 4.79 Å². The maximum Gasteiger partial charge on any atom is 0.329 e. The van der Waals surface area contributed by atoms with E-state index in [2.05, 4.69) is 5.32 Å². The highest BCUT2D eigenvalue weighted by Gasteiger charge is 2.30. The topological polar surface area (TPSA) is 55.4 Å². The molecular weight excluding hydrogens is 286 g/mol. The van der Waals surface area contributed by atoms with Gasteiger partial charge in [-0.3, -0.25) is 4.79 Å². The lowest BCUT2D eigenvalue weighted by Gasteiger charge is -2.27. The maximum atomic E-state index is 12.3. The molecule has 0 bridgehead atoms. The predicted octanol–water partition coefficient (Wildman–Crippen LogP) is 3.16. The minimum absolute atomic E-state index is 0.0344. The van der Waals surface area contributed by atoms with Gasteiger partial charge in [0.2, 0.25) is 5.91 Å². The van der Waals surface area contributed by atoms with Gasteiger partial charge in [-0.15, -0.1) is 11.3 Å². The second kappa shape index (κ2) is 7.59. The van der Waals surface area contributed by atoms with Crippen LogP contribution >= 0.6 is 11.3 Å². The van der Waals surface area contributed by atoms with Gasteiger partial charge in [-0.1, -0.05) is 26.3 Å². The Morgan fingerprint density at radius 2 is 2.05 bits per heavy atom. The molecular formula is C16H25NO3S. The molecule has 0 saturated carbocycles. The zero-order chi connectivity index (χ0) is 16.0. The average molecular weight is 311 g/mol. The number of ether oxygens (including phenoxy) is 1. The monoisotopic (exact) mass is 311 g/mol. The second-order valence-electron chi connectivity index (χ2n) is 6.22. The molecule has 1 rings (SSSR count). The van der Waals surface area contributed by atoms with Gasteiger partial charge >= 0.3 is 5.97 Å². The highest BCUT2D eigenvalue weighted by molar-refractivity contribution is 7.10. The van der Waals surface area contributed by atoms with Crippen molar-refractivity contribution in [3.05, 3.63) is 22.4 Å². The van der Waals surface area contributed by atoms with E-state index in [9.17, 15) is 9.59 Å². The number of carbonyl (C=O) groups excluding carboxylic acids is 2. The van der Waals surface area contributed by atoms with Crippen LogP contribution < -0.4 is 5.32 Å². The lowest BCUT2D eigenvalue weighted by atomic mass is 9.98. The molecule has 0 aliphatic carbocycles. The molecule has 0 aliphatic heterocycles. The van der Waals surface area contributed by atoms with Crippen LogP contribution in [0.3, 0.4) is 0 Å². The van der Waals surface area contributed by atoms with Crippen molar-refractivity contribution in [3.63, 3.8) is 0 Å². The van der Waals surface area contributed by atoms with Gasteiger partial charge in [0.15, 0.2) is 0 Å². The molecule has 0 spiro atoms. The van der Waals surface area contributed by atoms with Crippen LogP contribution in [-0.4, -0.2) is 23.5 Å². The van der Waals surface area contributed by atoms with Crippen LogP contribution in [-0.2, 0) is 20.7 Å². The summed E-state index contributed by atoms with van der Waals surface area (Å²) < 4.78 is 5.41. The quantitative estimate of drug-likeness (QED) is 0.821. The molecule has 1 heterocycles. The van der Waals surface area contributed by atoms with Crippen molar-refractivity contribution in [1.82, 2.24) is 5.32 Å². The molecule has 0 fully saturated rings. The summed E-state index contributed by atoms with van der Waals surface area (Å²) in [6, 6.07) is 3.23. The van der Waals surface area contributed by atoms with Gasteiger partial charge in [0, 0.05) is 4.88 Å². The first-order valence-electron chi connectivity index (χ1n) is 7.27. The Balaban J connectivity index is 2.69. The molecule has 1 amide bonds. The normalized spacial score (nSPS) is 14.3. The van der Waals surface area contributed by atoms with Crippen LogP contribution in [0.15, 0.2) is 17.5 Å². The number of amides is 1. The molecule has 1 N–H and O–H groups in total. The summed E-state index contributed by atoms with van der Waals surface area (Å²) in [5, 5.41) is 4.75. The molecule has 1 aromatic heterocycles. The van der Waals surface area contributed by atoms with Crippen molar-refractivity contribution >= 4 is 23.2 Å². The Morgan fingerprint density at radius 3 is 2.52 bits per heavy atom. The number of hydrogen-bond acceptors (Lipinski definition) is 4. The van der Waals surface area contributed by atoms with Gasteiger partial charge in [0.1, 0.15) is 11.6 Å². The summed E-state index contributed by atoms with van der Waals surface area (Å²) in [5.74, 6) is -0.475. The minimum Gasteiger partial charge on any atom is -0.458 e. The average Bonchev–Trinajstić information content (AvgIpc) is 2.85. The van der Waals surface area contributed by atoms with E-state index in [0.29, 0.717) is 6.42 Å². The Bertz CT molecular complexity index is 462. The molecule has 21 heavy (non-hydrogen) atoms. The molecule has 4 nitrogen and oxygen atoms in total. The van der Waals surface area contributed by atoms with E-state index in [4.69, 9.17) is 4.74 Å². The lowest BCUT2D eigenvalue weighted by molar-refractivity contribution is -0.160. The number of carbonyl (C=O) groups is 2. The summed E-state index contributed by atoms with van der Waals surface area (Å²) in [6.07, 6.45) is 1.09. The number of rotatable bonds is 6. The molecule has 0 aromatic carbocycles. The van der Waals surface area contributed by atoms with Crippen LogP contribution in [0, 0.1) is 5.92 Å². The van der Waals surface area contributed by atoms with E-state index >= 15 is 0 Å². The second-order valence-corrected chi connectivity index (χ2v) is 7.25. The largest absolute Gasteiger partial charge is 0.458 e. The van der Waals surface area contributed by atoms with Crippen molar-refractivity contribution < 1.29 is 14.3 Å². The predicted molar refractivity (Wildman–Crippen MR) is 85.3 cm³/mol. The summed E-state index contributed by atoms with van der Waals surface area (Å²) in [4.78, 5) is 25.3. The highest BCUT2D eigenvalue weighted by Crippen LogP contribution is 2.15. The smallest absolute Gasteiger partial charge is 0.329 e. The van der Waals surface area contributed by atoms with E-state index in [1.54, 1.807) is 0 Å². The fourth-order valence-electron chi connectivity index (χ4n) is 1.83. The fraction of sp³-hybridized carbons (Fsp3) is 0.625. The van der Waals surface area contributed by atoms with Gasteiger partial charge < -0.3 is 10.1 Å². The Kier molecular flexibility index (Phi) is 6.40. The first-order chi connectivity index (χ1) is 9.73. The van der Waals surface area contributed by atoms with Crippen molar-refractivity contribution in [2.45, 2.75) is 59.1 Å². The fourth-order valence-corrected chi connectivity index (χ4v) is 2.53.